The average molecular weight is 116 g/mol. The first-order chi connectivity index (χ1) is 3.93. The predicted octanol–water partition coefficient (Wildman–Crippen LogP) is -1.02. The van der Waals surface area contributed by atoms with Crippen molar-refractivity contribution in [2.45, 2.75) is 6.10 Å². The summed E-state index contributed by atoms with van der Waals surface area (Å²) in [6, 6.07) is 0. The van der Waals surface area contributed by atoms with Crippen LogP contribution in [0.25, 0.3) is 0 Å². The molecular formula is C5H10NO2. The van der Waals surface area contributed by atoms with Gasteiger partial charge in [0.15, 0.2) is 0 Å². The van der Waals surface area contributed by atoms with E-state index in [0.29, 0.717) is 13.2 Å². The highest BCUT2D eigenvalue weighted by molar-refractivity contribution is 4.63. The average Bonchev–Trinajstić information content (AvgIpc) is 1.90. The van der Waals surface area contributed by atoms with Crippen LogP contribution in [0, 0.1) is 0 Å². The van der Waals surface area contributed by atoms with Crippen molar-refractivity contribution in [3.8, 4) is 0 Å². The van der Waals surface area contributed by atoms with Gasteiger partial charge in [0.05, 0.1) is 19.3 Å². The van der Waals surface area contributed by atoms with Gasteiger partial charge in [0, 0.05) is 13.1 Å². The number of aliphatic hydroxyl groups excluding tert-OH is 1. The van der Waals surface area contributed by atoms with Crippen LogP contribution in [0.2, 0.25) is 0 Å². The number of aliphatic hydroxyl groups is 1. The third-order valence-electron chi connectivity index (χ3n) is 1.14. The van der Waals surface area contributed by atoms with Crippen LogP contribution >= 0.6 is 0 Å². The maximum absolute atomic E-state index is 8.51. The Hall–Kier alpha value is -0.120. The minimum Gasteiger partial charge on any atom is -0.394 e. The summed E-state index contributed by atoms with van der Waals surface area (Å²) >= 11 is 0. The van der Waals surface area contributed by atoms with Gasteiger partial charge in [0.25, 0.3) is 0 Å². The molecule has 0 aromatic carbocycles. The minimum atomic E-state index is -0.0243. The summed E-state index contributed by atoms with van der Waals surface area (Å²) in [5.41, 5.74) is 0. The van der Waals surface area contributed by atoms with Gasteiger partial charge in [-0.1, -0.05) is 0 Å². The monoisotopic (exact) mass is 116 g/mol. The van der Waals surface area contributed by atoms with Crippen molar-refractivity contribution in [3.63, 3.8) is 0 Å². The molecule has 1 fully saturated rings. The zero-order valence-corrected chi connectivity index (χ0v) is 4.71. The van der Waals surface area contributed by atoms with Crippen molar-refractivity contribution in [1.29, 1.82) is 0 Å². The van der Waals surface area contributed by atoms with Crippen molar-refractivity contribution in [1.82, 2.24) is 5.32 Å². The highest BCUT2D eigenvalue weighted by atomic mass is 16.5. The number of hydrogen-bond acceptors (Lipinski definition) is 2. The normalized spacial score (nSPS) is 30.4. The molecule has 1 N–H and O–H groups in total. The lowest BCUT2D eigenvalue weighted by molar-refractivity contribution is -0.00748. The molecule has 8 heavy (non-hydrogen) atoms. The zero-order valence-electron chi connectivity index (χ0n) is 4.71. The lowest BCUT2D eigenvalue weighted by atomic mass is 10.3. The quantitative estimate of drug-likeness (QED) is 0.476. The van der Waals surface area contributed by atoms with Gasteiger partial charge < -0.3 is 9.84 Å². The first-order valence-corrected chi connectivity index (χ1v) is 2.79. The fraction of sp³-hybridized carbons (Fsp3) is 1.00. The third-order valence-corrected chi connectivity index (χ3v) is 1.14. The molecule has 1 saturated heterocycles. The molecule has 1 heterocycles. The summed E-state index contributed by atoms with van der Waals surface area (Å²) in [5, 5.41) is 12.6. The number of nitrogens with zero attached hydrogens (tertiary/aromatic N) is 1. The van der Waals surface area contributed by atoms with Crippen molar-refractivity contribution < 1.29 is 9.84 Å². The maximum atomic E-state index is 8.51. The molecule has 0 amide bonds. The topological polar surface area (TPSA) is 43.6 Å². The number of ether oxygens (including phenoxy) is 1. The van der Waals surface area contributed by atoms with E-state index in [1.54, 1.807) is 0 Å². The van der Waals surface area contributed by atoms with Gasteiger partial charge in [-0.25, -0.2) is 5.32 Å². The van der Waals surface area contributed by atoms with Crippen LogP contribution < -0.4 is 5.32 Å². The molecule has 0 aromatic heterocycles. The molecule has 0 unspecified atom stereocenters. The largest absolute Gasteiger partial charge is 0.394 e. The van der Waals surface area contributed by atoms with E-state index in [0.717, 1.165) is 6.54 Å². The number of hydrogen-bond donors (Lipinski definition) is 1. The van der Waals surface area contributed by atoms with Crippen LogP contribution in [-0.4, -0.2) is 37.5 Å². The van der Waals surface area contributed by atoms with Crippen molar-refractivity contribution in [2.75, 3.05) is 26.3 Å². The molecule has 3 nitrogen and oxygen atoms in total. The molecule has 1 aliphatic rings. The molecule has 1 aliphatic heterocycles. The van der Waals surface area contributed by atoms with Crippen LogP contribution in [0.5, 0.6) is 0 Å². The maximum Gasteiger partial charge on any atom is 0.0947 e. The SMILES string of the molecule is OC[C@@H]1C[N]CCO1. The van der Waals surface area contributed by atoms with Crippen LogP contribution in [0.4, 0.5) is 0 Å². The van der Waals surface area contributed by atoms with Crippen LogP contribution in [0.3, 0.4) is 0 Å². The van der Waals surface area contributed by atoms with Crippen molar-refractivity contribution in [2.24, 2.45) is 0 Å². The zero-order chi connectivity index (χ0) is 5.82. The van der Waals surface area contributed by atoms with E-state index in [1.165, 1.54) is 0 Å². The molecule has 1 radical (unpaired) electrons. The molecule has 3 heteroatoms. The van der Waals surface area contributed by atoms with Gasteiger partial charge >= 0.3 is 0 Å². The van der Waals surface area contributed by atoms with E-state index in [1.807, 2.05) is 0 Å². The lowest BCUT2D eigenvalue weighted by Gasteiger charge is -2.19. The Morgan fingerprint density at radius 1 is 1.75 bits per heavy atom. The Morgan fingerprint density at radius 2 is 2.62 bits per heavy atom. The molecule has 47 valence electrons. The Morgan fingerprint density at radius 3 is 3.00 bits per heavy atom. The fourth-order valence-corrected chi connectivity index (χ4v) is 0.682. The van der Waals surface area contributed by atoms with Gasteiger partial charge in [-0.3, -0.25) is 0 Å². The van der Waals surface area contributed by atoms with Gasteiger partial charge in [0.1, 0.15) is 0 Å². The van der Waals surface area contributed by atoms with E-state index >= 15 is 0 Å². The predicted molar refractivity (Wildman–Crippen MR) is 28.7 cm³/mol. The van der Waals surface area contributed by atoms with Crippen molar-refractivity contribution in [3.05, 3.63) is 0 Å². The summed E-state index contributed by atoms with van der Waals surface area (Å²) in [4.78, 5) is 0. The minimum absolute atomic E-state index is 0.0243. The summed E-state index contributed by atoms with van der Waals surface area (Å²) in [6.45, 7) is 2.22. The van der Waals surface area contributed by atoms with Gasteiger partial charge in [-0.05, 0) is 0 Å². The Balaban J connectivity index is 2.13. The first kappa shape index (κ1) is 6.01. The second-order valence-corrected chi connectivity index (χ2v) is 1.81. The van der Waals surface area contributed by atoms with E-state index in [-0.39, 0.29) is 12.7 Å². The third kappa shape index (κ3) is 1.43. The van der Waals surface area contributed by atoms with Gasteiger partial charge in [-0.15, -0.1) is 0 Å². The van der Waals surface area contributed by atoms with Crippen molar-refractivity contribution >= 4 is 0 Å². The lowest BCUT2D eigenvalue weighted by Crippen LogP contribution is -2.36. The van der Waals surface area contributed by atoms with E-state index in [9.17, 15) is 0 Å². The highest BCUT2D eigenvalue weighted by Crippen LogP contribution is 1.93. The molecular weight excluding hydrogens is 106 g/mol. The van der Waals surface area contributed by atoms with Crippen LogP contribution in [0.15, 0.2) is 0 Å². The molecule has 0 bridgehead atoms. The van der Waals surface area contributed by atoms with E-state index in [4.69, 9.17) is 9.84 Å². The summed E-state index contributed by atoms with van der Waals surface area (Å²) < 4.78 is 5.08. The van der Waals surface area contributed by atoms with Crippen LogP contribution in [0.1, 0.15) is 0 Å². The summed E-state index contributed by atoms with van der Waals surface area (Å²) in [7, 11) is 0. The second kappa shape index (κ2) is 3.02. The second-order valence-electron chi connectivity index (χ2n) is 1.81. The van der Waals surface area contributed by atoms with E-state index < -0.39 is 0 Å². The van der Waals surface area contributed by atoms with Gasteiger partial charge in [0.2, 0.25) is 0 Å². The Kier molecular flexibility index (Phi) is 2.27. The summed E-state index contributed by atoms with van der Waals surface area (Å²) in [6.07, 6.45) is -0.0243. The molecule has 0 aliphatic carbocycles. The van der Waals surface area contributed by atoms with Gasteiger partial charge in [-0.2, -0.15) is 0 Å². The first-order valence-electron chi connectivity index (χ1n) is 2.79. The molecule has 1 atom stereocenters. The standard InChI is InChI=1S/C5H10NO2/c7-4-5-3-6-1-2-8-5/h5,7H,1-4H2/t5-/m0/s1. The highest BCUT2D eigenvalue weighted by Gasteiger charge is 2.11. The number of morpholine rings is 1. The Labute approximate surface area is 48.7 Å². The molecule has 0 saturated carbocycles. The van der Waals surface area contributed by atoms with Crippen LogP contribution in [-0.2, 0) is 4.74 Å². The molecule has 0 aromatic rings. The Bertz CT molecular complexity index is 61.4. The summed E-state index contributed by atoms with van der Waals surface area (Å²) in [5.74, 6) is 0. The van der Waals surface area contributed by atoms with E-state index in [2.05, 4.69) is 5.32 Å². The smallest absolute Gasteiger partial charge is 0.0947 e. The number of rotatable bonds is 1. The molecule has 0 spiro atoms. The molecule has 1 rings (SSSR count). The fourth-order valence-electron chi connectivity index (χ4n) is 0.682.